The van der Waals surface area contributed by atoms with Crippen LogP contribution < -0.4 is 10.5 Å². The third-order valence-electron chi connectivity index (χ3n) is 3.35. The van der Waals surface area contributed by atoms with Crippen molar-refractivity contribution in [1.82, 2.24) is 0 Å². The lowest BCUT2D eigenvalue weighted by atomic mass is 9.84. The topological polar surface area (TPSA) is 35.2 Å². The maximum absolute atomic E-state index is 5.82. The van der Waals surface area contributed by atoms with E-state index >= 15 is 0 Å². The summed E-state index contributed by atoms with van der Waals surface area (Å²) in [5, 5.41) is 2.34. The fourth-order valence-corrected chi connectivity index (χ4v) is 1.96. The van der Waals surface area contributed by atoms with Crippen molar-refractivity contribution in [3.05, 3.63) is 42.0 Å². The van der Waals surface area contributed by atoms with Crippen molar-refractivity contribution < 1.29 is 4.74 Å². The van der Waals surface area contributed by atoms with E-state index in [0.717, 1.165) is 11.1 Å². The summed E-state index contributed by atoms with van der Waals surface area (Å²) in [4.78, 5) is 0. The SMILES string of the molecule is COc1cccc2ccc(C(C)(C)CN)cc12. The molecular formula is C15H19NO. The summed E-state index contributed by atoms with van der Waals surface area (Å²) in [5.74, 6) is 0.914. The number of hydrogen-bond donors (Lipinski definition) is 1. The Labute approximate surface area is 102 Å². The van der Waals surface area contributed by atoms with Crippen LogP contribution in [0, 0.1) is 0 Å². The molecule has 0 aliphatic rings. The summed E-state index contributed by atoms with van der Waals surface area (Å²) in [6, 6.07) is 12.5. The molecule has 0 amide bonds. The largest absolute Gasteiger partial charge is 0.496 e. The van der Waals surface area contributed by atoms with Crippen LogP contribution >= 0.6 is 0 Å². The molecule has 0 aromatic heterocycles. The molecule has 0 aliphatic carbocycles. The van der Waals surface area contributed by atoms with Gasteiger partial charge < -0.3 is 10.5 Å². The molecule has 0 bridgehead atoms. The van der Waals surface area contributed by atoms with E-state index in [9.17, 15) is 0 Å². The average molecular weight is 229 g/mol. The lowest BCUT2D eigenvalue weighted by molar-refractivity contribution is 0.419. The Balaban J connectivity index is 2.64. The van der Waals surface area contributed by atoms with E-state index in [0.29, 0.717) is 6.54 Å². The number of nitrogens with two attached hydrogens (primary N) is 1. The van der Waals surface area contributed by atoms with Crippen LogP contribution in [0.2, 0.25) is 0 Å². The molecule has 0 spiro atoms. The molecule has 2 N–H and O–H groups in total. The molecule has 0 fully saturated rings. The van der Waals surface area contributed by atoms with Crippen molar-refractivity contribution in [3.63, 3.8) is 0 Å². The second kappa shape index (κ2) is 4.38. The summed E-state index contributed by atoms with van der Waals surface area (Å²) in [5.41, 5.74) is 7.06. The van der Waals surface area contributed by atoms with Gasteiger partial charge in [-0.15, -0.1) is 0 Å². The Morgan fingerprint density at radius 2 is 1.94 bits per heavy atom. The number of benzene rings is 2. The van der Waals surface area contributed by atoms with Gasteiger partial charge in [-0.2, -0.15) is 0 Å². The van der Waals surface area contributed by atoms with Gasteiger partial charge in [0.05, 0.1) is 7.11 Å². The maximum atomic E-state index is 5.82. The zero-order valence-corrected chi connectivity index (χ0v) is 10.7. The van der Waals surface area contributed by atoms with E-state index in [4.69, 9.17) is 10.5 Å². The molecule has 0 radical (unpaired) electrons. The smallest absolute Gasteiger partial charge is 0.126 e. The zero-order chi connectivity index (χ0) is 12.5. The first-order valence-electron chi connectivity index (χ1n) is 5.86. The molecule has 2 aromatic carbocycles. The quantitative estimate of drug-likeness (QED) is 0.877. The van der Waals surface area contributed by atoms with Gasteiger partial charge >= 0.3 is 0 Å². The van der Waals surface area contributed by atoms with Gasteiger partial charge in [0.1, 0.15) is 5.75 Å². The zero-order valence-electron chi connectivity index (χ0n) is 10.7. The van der Waals surface area contributed by atoms with E-state index in [1.807, 2.05) is 12.1 Å². The van der Waals surface area contributed by atoms with E-state index in [2.05, 4.69) is 38.1 Å². The van der Waals surface area contributed by atoms with Gasteiger partial charge in [-0.25, -0.2) is 0 Å². The monoisotopic (exact) mass is 229 g/mol. The van der Waals surface area contributed by atoms with Gasteiger partial charge in [-0.05, 0) is 23.1 Å². The van der Waals surface area contributed by atoms with E-state index in [1.54, 1.807) is 7.11 Å². The number of fused-ring (bicyclic) bond motifs is 1. The van der Waals surface area contributed by atoms with Crippen LogP contribution in [0.1, 0.15) is 19.4 Å². The van der Waals surface area contributed by atoms with E-state index in [1.165, 1.54) is 10.9 Å². The van der Waals surface area contributed by atoms with Gasteiger partial charge in [0.2, 0.25) is 0 Å². The van der Waals surface area contributed by atoms with E-state index < -0.39 is 0 Å². The summed E-state index contributed by atoms with van der Waals surface area (Å²) in [7, 11) is 1.70. The molecule has 0 aliphatic heterocycles. The first kappa shape index (κ1) is 11.9. The third kappa shape index (κ3) is 2.13. The fourth-order valence-electron chi connectivity index (χ4n) is 1.96. The van der Waals surface area contributed by atoms with Crippen LogP contribution in [0.5, 0.6) is 5.75 Å². The minimum absolute atomic E-state index is 0.00492. The van der Waals surface area contributed by atoms with Crippen LogP contribution in [0.4, 0.5) is 0 Å². The second-order valence-corrected chi connectivity index (χ2v) is 4.98. The lowest BCUT2D eigenvalue weighted by Crippen LogP contribution is -2.27. The molecule has 0 unspecified atom stereocenters. The molecule has 0 atom stereocenters. The van der Waals surface area contributed by atoms with Crippen LogP contribution in [-0.4, -0.2) is 13.7 Å². The van der Waals surface area contributed by atoms with Crippen molar-refractivity contribution in [2.45, 2.75) is 19.3 Å². The van der Waals surface area contributed by atoms with Crippen molar-refractivity contribution >= 4 is 10.8 Å². The summed E-state index contributed by atoms with van der Waals surface area (Å²) in [6.45, 7) is 4.95. The predicted octanol–water partition coefficient (Wildman–Crippen LogP) is 3.08. The lowest BCUT2D eigenvalue weighted by Gasteiger charge is -2.23. The van der Waals surface area contributed by atoms with Crippen molar-refractivity contribution in [2.24, 2.45) is 5.73 Å². The predicted molar refractivity (Wildman–Crippen MR) is 72.6 cm³/mol. The molecule has 2 rings (SSSR count). The molecule has 17 heavy (non-hydrogen) atoms. The van der Waals surface area contributed by atoms with Crippen molar-refractivity contribution in [2.75, 3.05) is 13.7 Å². The van der Waals surface area contributed by atoms with Gasteiger partial charge in [-0.3, -0.25) is 0 Å². The molecule has 0 heterocycles. The number of methoxy groups -OCH3 is 1. The Morgan fingerprint density at radius 3 is 2.59 bits per heavy atom. The highest BCUT2D eigenvalue weighted by atomic mass is 16.5. The molecule has 0 saturated carbocycles. The fraction of sp³-hybridized carbons (Fsp3) is 0.333. The number of hydrogen-bond acceptors (Lipinski definition) is 2. The Bertz CT molecular complexity index is 531. The van der Waals surface area contributed by atoms with Gasteiger partial charge in [0.15, 0.2) is 0 Å². The summed E-state index contributed by atoms with van der Waals surface area (Å²) >= 11 is 0. The molecule has 2 heteroatoms. The minimum atomic E-state index is -0.00492. The standard InChI is InChI=1S/C15H19NO/c1-15(2,10-16)12-8-7-11-5-4-6-14(17-3)13(11)9-12/h4-9H,10,16H2,1-3H3. The van der Waals surface area contributed by atoms with Gasteiger partial charge in [0.25, 0.3) is 0 Å². The second-order valence-electron chi connectivity index (χ2n) is 4.98. The van der Waals surface area contributed by atoms with Crippen molar-refractivity contribution in [1.29, 1.82) is 0 Å². The molecule has 2 nitrogen and oxygen atoms in total. The highest BCUT2D eigenvalue weighted by molar-refractivity contribution is 5.89. The van der Waals surface area contributed by atoms with Crippen LogP contribution in [-0.2, 0) is 5.41 Å². The molecule has 90 valence electrons. The molecule has 2 aromatic rings. The third-order valence-corrected chi connectivity index (χ3v) is 3.35. The first-order valence-corrected chi connectivity index (χ1v) is 5.86. The van der Waals surface area contributed by atoms with E-state index in [-0.39, 0.29) is 5.41 Å². The first-order chi connectivity index (χ1) is 8.08. The Hall–Kier alpha value is -1.54. The van der Waals surface area contributed by atoms with Crippen LogP contribution in [0.15, 0.2) is 36.4 Å². The van der Waals surface area contributed by atoms with Crippen LogP contribution in [0.25, 0.3) is 10.8 Å². The highest BCUT2D eigenvalue weighted by Gasteiger charge is 2.19. The summed E-state index contributed by atoms with van der Waals surface area (Å²) < 4.78 is 5.40. The minimum Gasteiger partial charge on any atom is -0.496 e. The maximum Gasteiger partial charge on any atom is 0.126 e. The number of rotatable bonds is 3. The molecule has 0 saturated heterocycles. The molecular weight excluding hydrogens is 210 g/mol. The Kier molecular flexibility index (Phi) is 3.07. The highest BCUT2D eigenvalue weighted by Crippen LogP contribution is 2.30. The Morgan fingerprint density at radius 1 is 1.18 bits per heavy atom. The van der Waals surface area contributed by atoms with Gasteiger partial charge in [0, 0.05) is 17.3 Å². The average Bonchev–Trinajstić information content (AvgIpc) is 2.37. The normalized spacial score (nSPS) is 11.8. The summed E-state index contributed by atoms with van der Waals surface area (Å²) in [6.07, 6.45) is 0. The number of ether oxygens (including phenoxy) is 1. The van der Waals surface area contributed by atoms with Gasteiger partial charge in [-0.1, -0.05) is 38.1 Å². The van der Waals surface area contributed by atoms with Crippen molar-refractivity contribution in [3.8, 4) is 5.75 Å². The van der Waals surface area contributed by atoms with Crippen LogP contribution in [0.3, 0.4) is 0 Å².